The number of anilines is 1. The zero-order chi connectivity index (χ0) is 22.2. The maximum atomic E-state index is 13.7. The summed E-state index contributed by atoms with van der Waals surface area (Å²) in [7, 11) is -3.53. The predicted molar refractivity (Wildman–Crippen MR) is 119 cm³/mol. The zero-order valence-electron chi connectivity index (χ0n) is 17.8. The van der Waals surface area contributed by atoms with Gasteiger partial charge in [0, 0.05) is 43.0 Å². The normalized spacial score (nSPS) is 15.3. The van der Waals surface area contributed by atoms with E-state index in [0.29, 0.717) is 42.5 Å². The van der Waals surface area contributed by atoms with Gasteiger partial charge in [-0.15, -0.1) is 0 Å². The molecule has 0 saturated carbocycles. The van der Waals surface area contributed by atoms with E-state index in [-0.39, 0.29) is 5.82 Å². The van der Waals surface area contributed by atoms with E-state index in [1.807, 2.05) is 32.9 Å². The van der Waals surface area contributed by atoms with Crippen molar-refractivity contribution in [2.45, 2.75) is 25.7 Å². The molecule has 0 unspecified atom stereocenters. The van der Waals surface area contributed by atoms with Crippen LogP contribution < -0.4 is 4.90 Å². The average Bonchev–Trinajstić information content (AvgIpc) is 2.76. The van der Waals surface area contributed by atoms with E-state index in [0.717, 1.165) is 22.6 Å². The Bertz CT molecular complexity index is 1200. The SMILES string of the molecule is Cc1ccc(S(=O)(=O)N2CCN(c3nc(-c4cccc(F)c4)nc(C)c3C)CC2)cc1. The minimum absolute atomic E-state index is 0.314. The summed E-state index contributed by atoms with van der Waals surface area (Å²) in [5.74, 6) is 0.891. The summed E-state index contributed by atoms with van der Waals surface area (Å²) >= 11 is 0. The molecule has 6 nitrogen and oxygen atoms in total. The number of aryl methyl sites for hydroxylation is 2. The van der Waals surface area contributed by atoms with E-state index in [1.54, 1.807) is 24.3 Å². The van der Waals surface area contributed by atoms with Crippen LogP contribution in [0.2, 0.25) is 0 Å². The Labute approximate surface area is 182 Å². The van der Waals surface area contributed by atoms with Gasteiger partial charge < -0.3 is 4.90 Å². The first-order valence-corrected chi connectivity index (χ1v) is 11.6. The van der Waals surface area contributed by atoms with E-state index in [4.69, 9.17) is 4.98 Å². The summed E-state index contributed by atoms with van der Waals surface area (Å²) < 4.78 is 41.2. The number of rotatable bonds is 4. The minimum Gasteiger partial charge on any atom is -0.354 e. The van der Waals surface area contributed by atoms with Gasteiger partial charge in [0.2, 0.25) is 10.0 Å². The zero-order valence-corrected chi connectivity index (χ0v) is 18.7. The molecule has 0 aliphatic carbocycles. The monoisotopic (exact) mass is 440 g/mol. The van der Waals surface area contributed by atoms with E-state index >= 15 is 0 Å². The molecule has 1 saturated heterocycles. The Morgan fingerprint density at radius 2 is 1.58 bits per heavy atom. The van der Waals surface area contributed by atoms with Gasteiger partial charge in [0.05, 0.1) is 4.90 Å². The Balaban J connectivity index is 1.57. The van der Waals surface area contributed by atoms with Crippen molar-refractivity contribution in [3.8, 4) is 11.4 Å². The highest BCUT2D eigenvalue weighted by atomic mass is 32.2. The molecule has 1 fully saturated rings. The molecule has 0 N–H and O–H groups in total. The third-order valence-electron chi connectivity index (χ3n) is 5.64. The highest BCUT2D eigenvalue weighted by Gasteiger charge is 2.29. The van der Waals surface area contributed by atoms with Crippen LogP contribution in [0.5, 0.6) is 0 Å². The maximum Gasteiger partial charge on any atom is 0.243 e. The third kappa shape index (κ3) is 4.31. The molecule has 31 heavy (non-hydrogen) atoms. The Morgan fingerprint density at radius 3 is 2.23 bits per heavy atom. The number of sulfonamides is 1. The van der Waals surface area contributed by atoms with Gasteiger partial charge in [-0.25, -0.2) is 22.8 Å². The fourth-order valence-corrected chi connectivity index (χ4v) is 5.10. The van der Waals surface area contributed by atoms with Crippen LogP contribution in [0.3, 0.4) is 0 Å². The van der Waals surface area contributed by atoms with Crippen LogP contribution in [-0.2, 0) is 10.0 Å². The molecule has 162 valence electrons. The van der Waals surface area contributed by atoms with Gasteiger partial charge in [0.1, 0.15) is 11.6 Å². The highest BCUT2D eigenvalue weighted by molar-refractivity contribution is 7.89. The van der Waals surface area contributed by atoms with Crippen molar-refractivity contribution in [2.75, 3.05) is 31.1 Å². The lowest BCUT2D eigenvalue weighted by Gasteiger charge is -2.35. The second-order valence-corrected chi connectivity index (χ2v) is 9.73. The lowest BCUT2D eigenvalue weighted by atomic mass is 10.1. The van der Waals surface area contributed by atoms with Crippen molar-refractivity contribution < 1.29 is 12.8 Å². The van der Waals surface area contributed by atoms with Crippen molar-refractivity contribution in [1.82, 2.24) is 14.3 Å². The molecule has 0 amide bonds. The number of nitrogens with zero attached hydrogens (tertiary/aromatic N) is 4. The number of hydrogen-bond donors (Lipinski definition) is 0. The standard InChI is InChI=1S/C23H25FN4O2S/c1-16-7-9-21(10-8-16)31(29,30)28-13-11-27(12-14-28)23-17(2)18(3)25-22(26-23)19-5-4-6-20(24)15-19/h4-10,15H,11-14H2,1-3H3. The predicted octanol–water partition coefficient (Wildman–Crippen LogP) is 3.72. The van der Waals surface area contributed by atoms with Gasteiger partial charge in [0.15, 0.2) is 5.82 Å². The van der Waals surface area contributed by atoms with Crippen LogP contribution in [0.1, 0.15) is 16.8 Å². The molecule has 1 aliphatic rings. The summed E-state index contributed by atoms with van der Waals surface area (Å²) in [6, 6.07) is 13.1. The molecule has 1 aliphatic heterocycles. The van der Waals surface area contributed by atoms with E-state index in [9.17, 15) is 12.8 Å². The first kappa shape index (κ1) is 21.4. The number of aromatic nitrogens is 2. The number of hydrogen-bond acceptors (Lipinski definition) is 5. The Morgan fingerprint density at radius 1 is 0.903 bits per heavy atom. The van der Waals surface area contributed by atoms with Gasteiger partial charge in [-0.1, -0.05) is 29.8 Å². The molecule has 3 aromatic rings. The number of benzene rings is 2. The number of piperazine rings is 1. The highest BCUT2D eigenvalue weighted by Crippen LogP contribution is 2.27. The minimum atomic E-state index is -3.53. The van der Waals surface area contributed by atoms with Crippen LogP contribution >= 0.6 is 0 Å². The van der Waals surface area contributed by atoms with Gasteiger partial charge >= 0.3 is 0 Å². The molecular weight excluding hydrogens is 415 g/mol. The van der Waals surface area contributed by atoms with Crippen LogP contribution in [-0.4, -0.2) is 48.9 Å². The molecule has 0 atom stereocenters. The van der Waals surface area contributed by atoms with Gasteiger partial charge in [0.25, 0.3) is 0 Å². The van der Waals surface area contributed by atoms with Crippen LogP contribution in [0.25, 0.3) is 11.4 Å². The van der Waals surface area contributed by atoms with Crippen LogP contribution in [0.4, 0.5) is 10.2 Å². The van der Waals surface area contributed by atoms with Gasteiger partial charge in [-0.05, 0) is 45.0 Å². The van der Waals surface area contributed by atoms with E-state index < -0.39 is 10.0 Å². The lowest BCUT2D eigenvalue weighted by Crippen LogP contribution is -2.49. The molecule has 4 rings (SSSR count). The van der Waals surface area contributed by atoms with E-state index in [2.05, 4.69) is 9.88 Å². The third-order valence-corrected chi connectivity index (χ3v) is 7.56. The van der Waals surface area contributed by atoms with Crippen LogP contribution in [0, 0.1) is 26.6 Å². The smallest absolute Gasteiger partial charge is 0.243 e. The summed E-state index contributed by atoms with van der Waals surface area (Å²) in [4.78, 5) is 11.6. The number of halogens is 1. The molecule has 0 spiro atoms. The lowest BCUT2D eigenvalue weighted by molar-refractivity contribution is 0.383. The molecular formula is C23H25FN4O2S. The molecule has 2 heterocycles. The maximum absolute atomic E-state index is 13.7. The van der Waals surface area contributed by atoms with E-state index in [1.165, 1.54) is 16.4 Å². The molecule has 0 radical (unpaired) electrons. The fourth-order valence-electron chi connectivity index (χ4n) is 3.68. The molecule has 1 aromatic heterocycles. The quantitative estimate of drug-likeness (QED) is 0.619. The van der Waals surface area contributed by atoms with Gasteiger partial charge in [-0.2, -0.15) is 4.31 Å². The molecule has 2 aromatic carbocycles. The first-order chi connectivity index (χ1) is 14.8. The van der Waals surface area contributed by atoms with Crippen LogP contribution in [0.15, 0.2) is 53.4 Å². The fraction of sp³-hybridized carbons (Fsp3) is 0.304. The average molecular weight is 441 g/mol. The molecule has 0 bridgehead atoms. The van der Waals surface area contributed by atoms with Crippen molar-refractivity contribution in [1.29, 1.82) is 0 Å². The second-order valence-electron chi connectivity index (χ2n) is 7.80. The van der Waals surface area contributed by atoms with Crippen molar-refractivity contribution in [2.24, 2.45) is 0 Å². The second kappa shape index (κ2) is 8.36. The Kier molecular flexibility index (Phi) is 5.77. The first-order valence-electron chi connectivity index (χ1n) is 10.2. The van der Waals surface area contributed by atoms with Crippen molar-refractivity contribution >= 4 is 15.8 Å². The largest absolute Gasteiger partial charge is 0.354 e. The molecule has 8 heteroatoms. The van der Waals surface area contributed by atoms with Gasteiger partial charge in [-0.3, -0.25) is 0 Å². The summed E-state index contributed by atoms with van der Waals surface area (Å²) in [5.41, 5.74) is 3.39. The summed E-state index contributed by atoms with van der Waals surface area (Å²) in [5, 5.41) is 0. The topological polar surface area (TPSA) is 66.4 Å². The van der Waals surface area contributed by atoms with Crippen molar-refractivity contribution in [3.05, 3.63) is 71.2 Å². The summed E-state index contributed by atoms with van der Waals surface area (Å²) in [6.45, 7) is 7.56. The summed E-state index contributed by atoms with van der Waals surface area (Å²) in [6.07, 6.45) is 0. The Hall–Kier alpha value is -2.84. The van der Waals surface area contributed by atoms with Crippen molar-refractivity contribution in [3.63, 3.8) is 0 Å².